The Morgan fingerprint density at radius 3 is 2.32 bits per heavy atom. The lowest BCUT2D eigenvalue weighted by Gasteiger charge is -2.25. The number of aryl methyl sites for hydroxylation is 1. The molecule has 0 saturated heterocycles. The summed E-state index contributed by atoms with van der Waals surface area (Å²) in [4.78, 5) is 0. The second kappa shape index (κ2) is 5.64. The minimum absolute atomic E-state index is 0.495. The van der Waals surface area contributed by atoms with Gasteiger partial charge in [0.15, 0.2) is 0 Å². The molecule has 0 atom stereocenters. The summed E-state index contributed by atoms with van der Waals surface area (Å²) in [5.41, 5.74) is 3.21. The van der Waals surface area contributed by atoms with Crippen LogP contribution in [0.3, 0.4) is 0 Å². The molecule has 19 heavy (non-hydrogen) atoms. The minimum atomic E-state index is -3.18. The van der Waals surface area contributed by atoms with Crippen molar-refractivity contribution < 1.29 is 8.42 Å². The Bertz CT molecular complexity index is 544. The molecule has 0 aliphatic carbocycles. The molecule has 110 valence electrons. The zero-order valence-corrected chi connectivity index (χ0v) is 13.5. The first-order valence-corrected chi connectivity index (χ1v) is 8.22. The van der Waals surface area contributed by atoms with E-state index in [-0.39, 0.29) is 0 Å². The van der Waals surface area contributed by atoms with Crippen molar-refractivity contribution in [2.24, 2.45) is 7.05 Å². The van der Waals surface area contributed by atoms with Gasteiger partial charge in [-0.2, -0.15) is 0 Å². The summed E-state index contributed by atoms with van der Waals surface area (Å²) in [5, 5.41) is 3.31. The van der Waals surface area contributed by atoms with E-state index in [1.807, 2.05) is 20.9 Å². The molecule has 0 spiro atoms. The van der Waals surface area contributed by atoms with Crippen molar-refractivity contribution in [3.63, 3.8) is 0 Å². The lowest BCUT2D eigenvalue weighted by atomic mass is 10.1. The maximum atomic E-state index is 11.2. The number of nitrogens with zero attached hydrogens (tertiary/aromatic N) is 1. The molecule has 5 nitrogen and oxygen atoms in total. The third-order valence-electron chi connectivity index (χ3n) is 3.22. The molecule has 2 N–H and O–H groups in total. The molecule has 0 aliphatic heterocycles. The SMILES string of the molecule is Cc1cc(CNCC(C)(C)NS(C)(=O)=O)c(C)n1C. The zero-order chi connectivity index (χ0) is 14.8. The van der Waals surface area contributed by atoms with Gasteiger partial charge in [-0.05, 0) is 39.3 Å². The molecule has 1 aromatic rings. The van der Waals surface area contributed by atoms with Crippen molar-refractivity contribution in [1.82, 2.24) is 14.6 Å². The fraction of sp³-hybridized carbons (Fsp3) is 0.692. The molecule has 0 amide bonds. The molecule has 0 bridgehead atoms. The van der Waals surface area contributed by atoms with Crippen LogP contribution in [0.1, 0.15) is 30.8 Å². The molecule has 0 radical (unpaired) electrons. The first kappa shape index (κ1) is 16.2. The quantitative estimate of drug-likeness (QED) is 0.822. The second-order valence-corrected chi connectivity index (χ2v) is 7.57. The summed E-state index contributed by atoms with van der Waals surface area (Å²) in [6.07, 6.45) is 1.18. The van der Waals surface area contributed by atoms with Crippen LogP contribution in [-0.2, 0) is 23.6 Å². The van der Waals surface area contributed by atoms with Gasteiger partial charge in [0.1, 0.15) is 0 Å². The summed E-state index contributed by atoms with van der Waals surface area (Å²) in [6.45, 7) is 9.21. The highest BCUT2D eigenvalue weighted by Gasteiger charge is 2.21. The number of aromatic nitrogens is 1. The molecular weight excluding hydrogens is 262 g/mol. The van der Waals surface area contributed by atoms with Crippen LogP contribution in [0.4, 0.5) is 0 Å². The fourth-order valence-electron chi connectivity index (χ4n) is 2.16. The van der Waals surface area contributed by atoms with Gasteiger partial charge in [-0.3, -0.25) is 0 Å². The van der Waals surface area contributed by atoms with E-state index in [1.165, 1.54) is 23.2 Å². The number of rotatable bonds is 6. The van der Waals surface area contributed by atoms with E-state index in [9.17, 15) is 8.42 Å². The molecule has 0 aromatic carbocycles. The second-order valence-electron chi connectivity index (χ2n) is 5.82. The van der Waals surface area contributed by atoms with Gasteiger partial charge >= 0.3 is 0 Å². The molecular formula is C13H25N3O2S. The van der Waals surface area contributed by atoms with Crippen molar-refractivity contribution in [1.29, 1.82) is 0 Å². The average molecular weight is 287 g/mol. The van der Waals surface area contributed by atoms with Crippen LogP contribution in [0.5, 0.6) is 0 Å². The fourth-order valence-corrected chi connectivity index (χ4v) is 3.24. The van der Waals surface area contributed by atoms with E-state index in [0.717, 1.165) is 6.54 Å². The Hall–Kier alpha value is -0.850. The van der Waals surface area contributed by atoms with Crippen molar-refractivity contribution in [3.8, 4) is 0 Å². The summed E-state index contributed by atoms with van der Waals surface area (Å²) in [5.74, 6) is 0. The first-order chi connectivity index (χ1) is 8.52. The Balaban J connectivity index is 2.57. The van der Waals surface area contributed by atoms with Crippen molar-refractivity contribution in [2.75, 3.05) is 12.8 Å². The van der Waals surface area contributed by atoms with Gasteiger partial charge in [0.05, 0.1) is 6.26 Å². The Morgan fingerprint density at radius 2 is 1.89 bits per heavy atom. The van der Waals surface area contributed by atoms with Gasteiger partial charge < -0.3 is 9.88 Å². The van der Waals surface area contributed by atoms with E-state index in [0.29, 0.717) is 6.54 Å². The monoisotopic (exact) mass is 287 g/mol. The average Bonchev–Trinajstić information content (AvgIpc) is 2.42. The standard InChI is InChI=1S/C13H25N3O2S/c1-10-7-12(11(2)16(10)5)8-14-9-13(3,4)15-19(6,17)18/h7,14-15H,8-9H2,1-6H3. The largest absolute Gasteiger partial charge is 0.352 e. The molecule has 1 aromatic heterocycles. The highest BCUT2D eigenvalue weighted by Crippen LogP contribution is 2.13. The predicted octanol–water partition coefficient (Wildman–Crippen LogP) is 1.06. The summed E-state index contributed by atoms with van der Waals surface area (Å²) < 4.78 is 27.2. The van der Waals surface area contributed by atoms with Crippen LogP contribution in [0.2, 0.25) is 0 Å². The van der Waals surface area contributed by atoms with Crippen molar-refractivity contribution >= 4 is 10.0 Å². The van der Waals surface area contributed by atoms with E-state index >= 15 is 0 Å². The topological polar surface area (TPSA) is 63.1 Å². The third-order valence-corrected chi connectivity index (χ3v) is 4.15. The van der Waals surface area contributed by atoms with Crippen LogP contribution in [0.15, 0.2) is 6.07 Å². The van der Waals surface area contributed by atoms with Gasteiger partial charge in [0.25, 0.3) is 0 Å². The van der Waals surface area contributed by atoms with Gasteiger partial charge in [0.2, 0.25) is 10.0 Å². The maximum absolute atomic E-state index is 11.2. The normalized spacial score (nSPS) is 12.9. The van der Waals surface area contributed by atoms with E-state index in [2.05, 4.69) is 34.5 Å². The van der Waals surface area contributed by atoms with Crippen LogP contribution >= 0.6 is 0 Å². The Morgan fingerprint density at radius 1 is 1.32 bits per heavy atom. The third kappa shape index (κ3) is 4.97. The smallest absolute Gasteiger partial charge is 0.209 e. The van der Waals surface area contributed by atoms with Gasteiger partial charge in [-0.15, -0.1) is 0 Å². The van der Waals surface area contributed by atoms with Crippen LogP contribution in [0, 0.1) is 13.8 Å². The lowest BCUT2D eigenvalue weighted by Crippen LogP contribution is -2.49. The Kier molecular flexibility index (Phi) is 4.81. The molecule has 6 heteroatoms. The molecule has 1 heterocycles. The highest BCUT2D eigenvalue weighted by atomic mass is 32.2. The predicted molar refractivity (Wildman–Crippen MR) is 78.7 cm³/mol. The van der Waals surface area contributed by atoms with Crippen LogP contribution < -0.4 is 10.0 Å². The van der Waals surface area contributed by atoms with Crippen molar-refractivity contribution in [2.45, 2.75) is 39.8 Å². The van der Waals surface area contributed by atoms with Gasteiger partial charge in [-0.1, -0.05) is 0 Å². The van der Waals surface area contributed by atoms with Gasteiger partial charge in [-0.25, -0.2) is 13.1 Å². The van der Waals surface area contributed by atoms with Crippen molar-refractivity contribution in [3.05, 3.63) is 23.0 Å². The first-order valence-electron chi connectivity index (χ1n) is 6.33. The zero-order valence-electron chi connectivity index (χ0n) is 12.7. The van der Waals surface area contributed by atoms with Gasteiger partial charge in [0, 0.05) is 37.1 Å². The lowest BCUT2D eigenvalue weighted by molar-refractivity contribution is 0.420. The molecule has 0 saturated carbocycles. The van der Waals surface area contributed by atoms with Crippen LogP contribution in [-0.4, -0.2) is 31.3 Å². The number of sulfonamides is 1. The number of hydrogen-bond donors (Lipinski definition) is 2. The highest BCUT2D eigenvalue weighted by molar-refractivity contribution is 7.88. The minimum Gasteiger partial charge on any atom is -0.352 e. The molecule has 0 fully saturated rings. The van der Waals surface area contributed by atoms with E-state index < -0.39 is 15.6 Å². The number of nitrogens with one attached hydrogen (secondary N) is 2. The maximum Gasteiger partial charge on any atom is 0.209 e. The molecule has 0 unspecified atom stereocenters. The summed E-state index contributed by atoms with van der Waals surface area (Å²) in [6, 6.07) is 2.15. The van der Waals surface area contributed by atoms with Crippen LogP contribution in [0.25, 0.3) is 0 Å². The summed E-state index contributed by atoms with van der Waals surface area (Å²) >= 11 is 0. The summed E-state index contributed by atoms with van der Waals surface area (Å²) in [7, 11) is -1.14. The van der Waals surface area contributed by atoms with E-state index in [4.69, 9.17) is 0 Å². The number of hydrogen-bond acceptors (Lipinski definition) is 3. The molecule has 1 rings (SSSR count). The molecule has 0 aliphatic rings. The Labute approximate surface area is 116 Å². The van der Waals surface area contributed by atoms with E-state index in [1.54, 1.807) is 0 Å².